The van der Waals surface area contributed by atoms with Crippen LogP contribution in [-0.2, 0) is 12.8 Å². The van der Waals surface area contributed by atoms with Gasteiger partial charge >= 0.3 is 0 Å². The SMILES string of the molecule is Cc1ccc(Cl)cc1NCCc1ccc2c(c1)CCO2. The number of rotatable bonds is 4. The van der Waals surface area contributed by atoms with Crippen LogP contribution in [0.15, 0.2) is 36.4 Å². The van der Waals surface area contributed by atoms with E-state index in [-0.39, 0.29) is 0 Å². The van der Waals surface area contributed by atoms with Gasteiger partial charge in [-0.3, -0.25) is 0 Å². The number of hydrogen-bond donors (Lipinski definition) is 1. The van der Waals surface area contributed by atoms with Crippen molar-refractivity contribution >= 4 is 17.3 Å². The zero-order valence-electron chi connectivity index (χ0n) is 11.6. The molecule has 1 aliphatic rings. The van der Waals surface area contributed by atoms with Crippen LogP contribution in [0.3, 0.4) is 0 Å². The maximum atomic E-state index is 6.02. The van der Waals surface area contributed by atoms with E-state index in [4.69, 9.17) is 16.3 Å². The molecule has 2 nitrogen and oxygen atoms in total. The largest absolute Gasteiger partial charge is 0.493 e. The van der Waals surface area contributed by atoms with E-state index < -0.39 is 0 Å². The molecular weight excluding hydrogens is 270 g/mol. The second-order valence-electron chi connectivity index (χ2n) is 5.18. The summed E-state index contributed by atoms with van der Waals surface area (Å²) in [5, 5.41) is 4.23. The van der Waals surface area contributed by atoms with Gasteiger partial charge in [0, 0.05) is 23.7 Å². The standard InChI is InChI=1S/C17H18ClNO/c1-12-2-4-15(18)11-16(12)19-8-6-13-3-5-17-14(10-13)7-9-20-17/h2-5,10-11,19H,6-9H2,1H3. The van der Waals surface area contributed by atoms with Gasteiger partial charge in [0.2, 0.25) is 0 Å². The van der Waals surface area contributed by atoms with Crippen molar-refractivity contribution in [3.05, 3.63) is 58.1 Å². The molecule has 1 heterocycles. The third-order valence-electron chi connectivity index (χ3n) is 3.68. The van der Waals surface area contributed by atoms with Gasteiger partial charge < -0.3 is 10.1 Å². The minimum absolute atomic E-state index is 0.771. The van der Waals surface area contributed by atoms with Crippen molar-refractivity contribution in [3.63, 3.8) is 0 Å². The highest BCUT2D eigenvalue weighted by molar-refractivity contribution is 6.30. The van der Waals surface area contributed by atoms with Gasteiger partial charge in [0.25, 0.3) is 0 Å². The minimum Gasteiger partial charge on any atom is -0.493 e. The van der Waals surface area contributed by atoms with Crippen LogP contribution in [-0.4, -0.2) is 13.2 Å². The number of nitrogens with one attached hydrogen (secondary N) is 1. The fraction of sp³-hybridized carbons (Fsp3) is 0.294. The summed E-state index contributed by atoms with van der Waals surface area (Å²) in [5.41, 5.74) is 5.02. The van der Waals surface area contributed by atoms with Gasteiger partial charge in [-0.2, -0.15) is 0 Å². The van der Waals surface area contributed by atoms with Crippen LogP contribution in [0.1, 0.15) is 16.7 Å². The van der Waals surface area contributed by atoms with Gasteiger partial charge in [-0.25, -0.2) is 0 Å². The summed E-state index contributed by atoms with van der Waals surface area (Å²) >= 11 is 6.02. The number of ether oxygens (including phenoxy) is 1. The molecule has 0 spiro atoms. The number of aryl methyl sites for hydroxylation is 1. The average molecular weight is 288 g/mol. The zero-order valence-corrected chi connectivity index (χ0v) is 12.3. The molecule has 0 aromatic heterocycles. The lowest BCUT2D eigenvalue weighted by Gasteiger charge is -2.10. The Morgan fingerprint density at radius 3 is 3.00 bits per heavy atom. The predicted octanol–water partition coefficient (Wildman–Crippen LogP) is 4.24. The molecule has 0 unspecified atom stereocenters. The summed E-state index contributed by atoms with van der Waals surface area (Å²) < 4.78 is 5.53. The molecule has 0 fully saturated rings. The van der Waals surface area contributed by atoms with E-state index in [1.54, 1.807) is 0 Å². The summed E-state index contributed by atoms with van der Waals surface area (Å²) in [4.78, 5) is 0. The Morgan fingerprint density at radius 1 is 1.20 bits per heavy atom. The first-order chi connectivity index (χ1) is 9.72. The molecule has 0 saturated carbocycles. The summed E-state index contributed by atoms with van der Waals surface area (Å²) in [6, 6.07) is 12.4. The Morgan fingerprint density at radius 2 is 2.10 bits per heavy atom. The Balaban J connectivity index is 1.61. The van der Waals surface area contributed by atoms with E-state index in [1.807, 2.05) is 18.2 Å². The Labute approximate surface area is 124 Å². The molecule has 0 amide bonds. The number of hydrogen-bond acceptors (Lipinski definition) is 2. The Hall–Kier alpha value is -1.67. The monoisotopic (exact) mass is 287 g/mol. The number of benzene rings is 2. The molecule has 2 aromatic rings. The van der Waals surface area contributed by atoms with Crippen LogP contribution < -0.4 is 10.1 Å². The molecule has 0 bridgehead atoms. The molecule has 1 aliphatic heterocycles. The summed E-state index contributed by atoms with van der Waals surface area (Å²) in [6.07, 6.45) is 2.03. The smallest absolute Gasteiger partial charge is 0.122 e. The van der Waals surface area contributed by atoms with Gasteiger partial charge in [-0.15, -0.1) is 0 Å². The van der Waals surface area contributed by atoms with Gasteiger partial charge in [-0.05, 0) is 48.2 Å². The van der Waals surface area contributed by atoms with Crippen molar-refractivity contribution in [2.24, 2.45) is 0 Å². The first-order valence-electron chi connectivity index (χ1n) is 6.97. The van der Waals surface area contributed by atoms with Crippen LogP contribution in [0.4, 0.5) is 5.69 Å². The van der Waals surface area contributed by atoms with E-state index in [1.165, 1.54) is 16.7 Å². The lowest BCUT2D eigenvalue weighted by atomic mass is 10.1. The quantitative estimate of drug-likeness (QED) is 0.908. The molecule has 2 aromatic carbocycles. The maximum Gasteiger partial charge on any atom is 0.122 e. The molecule has 3 heteroatoms. The lowest BCUT2D eigenvalue weighted by molar-refractivity contribution is 0.357. The first kappa shape index (κ1) is 13.3. The molecule has 0 aliphatic carbocycles. The fourth-order valence-corrected chi connectivity index (χ4v) is 2.69. The van der Waals surface area contributed by atoms with E-state index in [0.717, 1.165) is 42.5 Å². The van der Waals surface area contributed by atoms with Gasteiger partial charge in [-0.1, -0.05) is 29.8 Å². The molecule has 3 rings (SSSR count). The second kappa shape index (κ2) is 5.76. The second-order valence-corrected chi connectivity index (χ2v) is 5.61. The normalized spacial score (nSPS) is 12.9. The fourth-order valence-electron chi connectivity index (χ4n) is 2.52. The van der Waals surface area contributed by atoms with Crippen LogP contribution in [0.25, 0.3) is 0 Å². The maximum absolute atomic E-state index is 6.02. The van der Waals surface area contributed by atoms with Crippen LogP contribution in [0, 0.1) is 6.92 Å². The predicted molar refractivity (Wildman–Crippen MR) is 84.0 cm³/mol. The van der Waals surface area contributed by atoms with Crippen LogP contribution in [0.5, 0.6) is 5.75 Å². The minimum atomic E-state index is 0.771. The molecule has 0 atom stereocenters. The van der Waals surface area contributed by atoms with Crippen molar-refractivity contribution in [2.45, 2.75) is 19.8 Å². The van der Waals surface area contributed by atoms with Crippen molar-refractivity contribution in [2.75, 3.05) is 18.5 Å². The summed E-state index contributed by atoms with van der Waals surface area (Å²) in [6.45, 7) is 3.81. The highest BCUT2D eigenvalue weighted by Crippen LogP contribution is 2.26. The van der Waals surface area contributed by atoms with Crippen molar-refractivity contribution in [1.29, 1.82) is 0 Å². The number of halogens is 1. The van der Waals surface area contributed by atoms with E-state index >= 15 is 0 Å². The summed E-state index contributed by atoms with van der Waals surface area (Å²) in [5.74, 6) is 1.05. The van der Waals surface area contributed by atoms with Crippen molar-refractivity contribution in [3.8, 4) is 5.75 Å². The third-order valence-corrected chi connectivity index (χ3v) is 3.92. The van der Waals surface area contributed by atoms with Crippen LogP contribution >= 0.6 is 11.6 Å². The van der Waals surface area contributed by atoms with Crippen LogP contribution in [0.2, 0.25) is 5.02 Å². The molecule has 0 radical (unpaired) electrons. The highest BCUT2D eigenvalue weighted by atomic mass is 35.5. The van der Waals surface area contributed by atoms with E-state index in [2.05, 4.69) is 30.4 Å². The Kier molecular flexibility index (Phi) is 3.83. The zero-order chi connectivity index (χ0) is 13.9. The van der Waals surface area contributed by atoms with Gasteiger partial charge in [0.1, 0.15) is 5.75 Å². The van der Waals surface area contributed by atoms with Gasteiger partial charge in [0.15, 0.2) is 0 Å². The topological polar surface area (TPSA) is 21.3 Å². The van der Waals surface area contributed by atoms with E-state index in [0.29, 0.717) is 0 Å². The highest BCUT2D eigenvalue weighted by Gasteiger charge is 2.11. The third kappa shape index (κ3) is 2.91. The number of anilines is 1. The van der Waals surface area contributed by atoms with E-state index in [9.17, 15) is 0 Å². The lowest BCUT2D eigenvalue weighted by Crippen LogP contribution is -2.06. The molecule has 20 heavy (non-hydrogen) atoms. The summed E-state index contributed by atoms with van der Waals surface area (Å²) in [7, 11) is 0. The number of fused-ring (bicyclic) bond motifs is 1. The van der Waals surface area contributed by atoms with Crippen molar-refractivity contribution < 1.29 is 4.74 Å². The molecular formula is C17H18ClNO. The first-order valence-corrected chi connectivity index (χ1v) is 7.35. The Bertz CT molecular complexity index is 624. The average Bonchev–Trinajstić information content (AvgIpc) is 2.90. The molecule has 1 N–H and O–H groups in total. The molecule has 0 saturated heterocycles. The van der Waals surface area contributed by atoms with Crippen molar-refractivity contribution in [1.82, 2.24) is 0 Å². The van der Waals surface area contributed by atoms with Gasteiger partial charge in [0.05, 0.1) is 6.61 Å². The molecule has 104 valence electrons.